The molecule has 3 rings (SSSR count). The number of aromatic nitrogens is 2. The van der Waals surface area contributed by atoms with Gasteiger partial charge in [-0.05, 0) is 26.8 Å². The first kappa shape index (κ1) is 24.4. The van der Waals surface area contributed by atoms with Crippen molar-refractivity contribution in [2.24, 2.45) is 5.73 Å². The molecule has 2 heterocycles. The van der Waals surface area contributed by atoms with E-state index in [2.05, 4.69) is 22.0 Å². The number of nitrogens with zero attached hydrogens (tertiary/aromatic N) is 4. The summed E-state index contributed by atoms with van der Waals surface area (Å²) < 4.78 is 5.49. The van der Waals surface area contributed by atoms with E-state index < -0.39 is 0 Å². The molecule has 0 spiro atoms. The average Bonchev–Trinajstić information content (AvgIpc) is 3.16. The van der Waals surface area contributed by atoms with E-state index in [0.29, 0.717) is 24.7 Å². The largest absolute Gasteiger partial charge is 0.340 e. The average molecular weight is 430 g/mol. The van der Waals surface area contributed by atoms with Crippen LogP contribution in [0.25, 0.3) is 11.4 Å². The zero-order valence-electron chi connectivity index (χ0n) is 16.3. The number of halogens is 2. The minimum absolute atomic E-state index is 0. The maximum Gasteiger partial charge on any atom is 0.244 e. The number of benzene rings is 1. The van der Waals surface area contributed by atoms with Crippen molar-refractivity contribution in [3.63, 3.8) is 0 Å². The zero-order chi connectivity index (χ0) is 18.5. The Hall–Kier alpha value is -1.67. The highest BCUT2D eigenvalue weighted by atomic mass is 35.5. The van der Waals surface area contributed by atoms with Gasteiger partial charge in [-0.2, -0.15) is 4.98 Å². The number of carbonyl (C=O) groups is 1. The van der Waals surface area contributed by atoms with Gasteiger partial charge in [0, 0.05) is 38.2 Å². The molecular weight excluding hydrogens is 401 g/mol. The fourth-order valence-electron chi connectivity index (χ4n) is 3.15. The van der Waals surface area contributed by atoms with Gasteiger partial charge < -0.3 is 15.2 Å². The standard InChI is InChI=1S/C19H27N5O2.2ClH/c1-14-5-7-16(8-6-14)18-21-19(26-22-18)15(2)23-10-12-24(13-11-23)17(25)4-3-9-20;;/h5-8,15H,3-4,9-13,20H2,1-2H3;2*1H. The number of hydrogen-bond acceptors (Lipinski definition) is 6. The monoisotopic (exact) mass is 429 g/mol. The van der Waals surface area contributed by atoms with Gasteiger partial charge in [0.15, 0.2) is 0 Å². The molecule has 1 unspecified atom stereocenters. The number of rotatable bonds is 6. The lowest BCUT2D eigenvalue weighted by Gasteiger charge is -2.36. The molecule has 0 saturated carbocycles. The van der Waals surface area contributed by atoms with E-state index in [0.717, 1.165) is 38.2 Å². The highest BCUT2D eigenvalue weighted by Gasteiger charge is 2.27. The van der Waals surface area contributed by atoms with E-state index >= 15 is 0 Å². The molecule has 0 aliphatic carbocycles. The minimum Gasteiger partial charge on any atom is -0.340 e. The van der Waals surface area contributed by atoms with Crippen molar-refractivity contribution in [2.45, 2.75) is 32.7 Å². The van der Waals surface area contributed by atoms with Crippen LogP contribution in [0.1, 0.15) is 37.3 Å². The summed E-state index contributed by atoms with van der Waals surface area (Å²) in [6.07, 6.45) is 1.29. The molecular formula is C19H29Cl2N5O2. The lowest BCUT2D eigenvalue weighted by molar-refractivity contribution is -0.133. The number of carbonyl (C=O) groups excluding carboxylic acids is 1. The number of piperazine rings is 1. The second-order valence-electron chi connectivity index (χ2n) is 6.81. The van der Waals surface area contributed by atoms with Crippen LogP contribution in [0.5, 0.6) is 0 Å². The fraction of sp³-hybridized carbons (Fsp3) is 0.526. The Morgan fingerprint density at radius 3 is 2.43 bits per heavy atom. The molecule has 1 aromatic heterocycles. The van der Waals surface area contributed by atoms with Gasteiger partial charge in [-0.25, -0.2) is 0 Å². The highest BCUT2D eigenvalue weighted by molar-refractivity contribution is 5.85. The van der Waals surface area contributed by atoms with Crippen molar-refractivity contribution in [3.8, 4) is 11.4 Å². The first-order valence-corrected chi connectivity index (χ1v) is 9.21. The Morgan fingerprint density at radius 1 is 1.18 bits per heavy atom. The van der Waals surface area contributed by atoms with E-state index in [1.807, 2.05) is 36.1 Å². The van der Waals surface area contributed by atoms with Crippen molar-refractivity contribution < 1.29 is 9.32 Å². The molecule has 7 nitrogen and oxygen atoms in total. The normalized spacial score (nSPS) is 15.5. The van der Waals surface area contributed by atoms with Gasteiger partial charge >= 0.3 is 0 Å². The number of hydrogen-bond donors (Lipinski definition) is 1. The molecule has 156 valence electrons. The van der Waals surface area contributed by atoms with Crippen LogP contribution in [0, 0.1) is 6.92 Å². The van der Waals surface area contributed by atoms with E-state index in [1.54, 1.807) is 0 Å². The van der Waals surface area contributed by atoms with E-state index in [-0.39, 0.29) is 36.8 Å². The van der Waals surface area contributed by atoms with Crippen LogP contribution >= 0.6 is 24.8 Å². The van der Waals surface area contributed by atoms with Crippen molar-refractivity contribution in [2.75, 3.05) is 32.7 Å². The van der Waals surface area contributed by atoms with E-state index in [9.17, 15) is 4.79 Å². The molecule has 2 aromatic rings. The third-order valence-corrected chi connectivity index (χ3v) is 4.92. The molecule has 1 fully saturated rings. The zero-order valence-corrected chi connectivity index (χ0v) is 18.0. The van der Waals surface area contributed by atoms with Gasteiger partial charge in [0.05, 0.1) is 6.04 Å². The molecule has 1 saturated heterocycles. The molecule has 1 aromatic carbocycles. The number of nitrogens with two attached hydrogens (primary N) is 1. The second-order valence-corrected chi connectivity index (χ2v) is 6.81. The van der Waals surface area contributed by atoms with Crippen LogP contribution in [-0.4, -0.2) is 58.6 Å². The predicted molar refractivity (Wildman–Crippen MR) is 114 cm³/mol. The van der Waals surface area contributed by atoms with Crippen molar-refractivity contribution >= 4 is 30.7 Å². The van der Waals surface area contributed by atoms with Gasteiger partial charge in [-0.15, -0.1) is 24.8 Å². The van der Waals surface area contributed by atoms with Crippen LogP contribution in [-0.2, 0) is 4.79 Å². The maximum atomic E-state index is 12.1. The lowest BCUT2D eigenvalue weighted by Crippen LogP contribution is -2.49. The van der Waals surface area contributed by atoms with Crippen molar-refractivity contribution in [3.05, 3.63) is 35.7 Å². The third kappa shape index (κ3) is 5.91. The van der Waals surface area contributed by atoms with Crippen LogP contribution in [0.4, 0.5) is 0 Å². The van der Waals surface area contributed by atoms with Crippen molar-refractivity contribution in [1.82, 2.24) is 19.9 Å². The Balaban J connectivity index is 0.00000196. The van der Waals surface area contributed by atoms with E-state index in [1.165, 1.54) is 5.56 Å². The molecule has 2 N–H and O–H groups in total. The Bertz CT molecular complexity index is 730. The summed E-state index contributed by atoms with van der Waals surface area (Å²) in [5.74, 6) is 1.42. The SMILES string of the molecule is Cc1ccc(-c2noc(C(C)N3CCN(C(=O)CCCN)CC3)n2)cc1.Cl.Cl. The predicted octanol–water partition coefficient (Wildman–Crippen LogP) is 2.83. The molecule has 1 atom stereocenters. The molecule has 28 heavy (non-hydrogen) atoms. The fourth-order valence-corrected chi connectivity index (χ4v) is 3.15. The maximum absolute atomic E-state index is 12.1. The Kier molecular flexibility index (Phi) is 9.89. The summed E-state index contributed by atoms with van der Waals surface area (Å²) >= 11 is 0. The summed E-state index contributed by atoms with van der Waals surface area (Å²) in [4.78, 5) is 20.9. The first-order valence-electron chi connectivity index (χ1n) is 9.21. The van der Waals surface area contributed by atoms with Gasteiger partial charge in [-0.3, -0.25) is 9.69 Å². The third-order valence-electron chi connectivity index (χ3n) is 4.92. The van der Waals surface area contributed by atoms with E-state index in [4.69, 9.17) is 10.3 Å². The summed E-state index contributed by atoms with van der Waals surface area (Å²) in [7, 11) is 0. The van der Waals surface area contributed by atoms with Crippen LogP contribution in [0.2, 0.25) is 0 Å². The molecule has 1 aliphatic rings. The van der Waals surface area contributed by atoms with Gasteiger partial charge in [0.25, 0.3) is 0 Å². The highest BCUT2D eigenvalue weighted by Crippen LogP contribution is 2.23. The quantitative estimate of drug-likeness (QED) is 0.758. The second kappa shape index (κ2) is 11.4. The summed E-state index contributed by atoms with van der Waals surface area (Å²) in [5, 5.41) is 4.12. The van der Waals surface area contributed by atoms with Crippen molar-refractivity contribution in [1.29, 1.82) is 0 Å². The van der Waals surface area contributed by atoms with Crippen LogP contribution < -0.4 is 5.73 Å². The van der Waals surface area contributed by atoms with Crippen LogP contribution in [0.3, 0.4) is 0 Å². The summed E-state index contributed by atoms with van der Waals surface area (Å²) in [5.41, 5.74) is 7.63. The van der Waals surface area contributed by atoms with Crippen LogP contribution in [0.15, 0.2) is 28.8 Å². The Morgan fingerprint density at radius 2 is 1.82 bits per heavy atom. The van der Waals surface area contributed by atoms with Gasteiger partial charge in [0.2, 0.25) is 17.6 Å². The molecule has 0 bridgehead atoms. The number of amides is 1. The smallest absolute Gasteiger partial charge is 0.244 e. The first-order chi connectivity index (χ1) is 12.6. The number of aryl methyl sites for hydroxylation is 1. The topological polar surface area (TPSA) is 88.5 Å². The summed E-state index contributed by atoms with van der Waals surface area (Å²) in [6.45, 7) is 7.74. The van der Waals surface area contributed by atoms with Gasteiger partial charge in [-0.1, -0.05) is 35.0 Å². The Labute approximate surface area is 178 Å². The molecule has 9 heteroatoms. The summed E-state index contributed by atoms with van der Waals surface area (Å²) in [6, 6.07) is 8.11. The molecule has 1 aliphatic heterocycles. The lowest BCUT2D eigenvalue weighted by atomic mass is 10.1. The van der Waals surface area contributed by atoms with Gasteiger partial charge in [0.1, 0.15) is 0 Å². The minimum atomic E-state index is 0. The molecule has 1 amide bonds. The molecule has 0 radical (unpaired) electrons.